The summed E-state index contributed by atoms with van der Waals surface area (Å²) in [5.41, 5.74) is 6.86. The Bertz CT molecular complexity index is 335. The molecule has 0 spiro atoms. The first-order valence-electron chi connectivity index (χ1n) is 5.23. The van der Waals surface area contributed by atoms with E-state index in [4.69, 9.17) is 5.73 Å². The normalized spacial score (nSPS) is 17.9. The van der Waals surface area contributed by atoms with E-state index in [0.29, 0.717) is 0 Å². The van der Waals surface area contributed by atoms with Crippen molar-refractivity contribution in [3.63, 3.8) is 0 Å². The van der Waals surface area contributed by atoms with Gasteiger partial charge in [-0.25, -0.2) is 4.39 Å². The first-order chi connectivity index (χ1) is 7.27. The Labute approximate surface area is 89.1 Å². The van der Waals surface area contributed by atoms with Gasteiger partial charge in [-0.05, 0) is 11.6 Å². The predicted octanol–water partition coefficient (Wildman–Crippen LogP) is 0.813. The number of nitrogens with two attached hydrogens (primary N) is 1. The predicted molar refractivity (Wildman–Crippen MR) is 59.0 cm³/mol. The lowest BCUT2D eigenvalue weighted by Gasteiger charge is -2.27. The smallest absolute Gasteiger partial charge is 0.146 e. The second-order valence-corrected chi connectivity index (χ2v) is 3.84. The van der Waals surface area contributed by atoms with Crippen LogP contribution in [0.4, 0.5) is 10.1 Å². The van der Waals surface area contributed by atoms with Crippen LogP contribution in [0.5, 0.6) is 0 Å². The minimum Gasteiger partial charge on any atom is -0.396 e. The van der Waals surface area contributed by atoms with Gasteiger partial charge in [-0.2, -0.15) is 0 Å². The van der Waals surface area contributed by atoms with Crippen LogP contribution in [0.15, 0.2) is 18.2 Å². The fourth-order valence-corrected chi connectivity index (χ4v) is 1.83. The summed E-state index contributed by atoms with van der Waals surface area (Å²) >= 11 is 0. The van der Waals surface area contributed by atoms with E-state index in [1.165, 1.54) is 6.07 Å². The molecule has 1 aromatic rings. The lowest BCUT2D eigenvalue weighted by atomic mass is 10.1. The molecule has 3 N–H and O–H groups in total. The average Bonchev–Trinajstić information content (AvgIpc) is 2.26. The van der Waals surface area contributed by atoms with Gasteiger partial charge in [0.2, 0.25) is 0 Å². The summed E-state index contributed by atoms with van der Waals surface area (Å²) in [5, 5.41) is 3.28. The maximum Gasteiger partial charge on any atom is 0.146 e. The molecule has 1 fully saturated rings. The largest absolute Gasteiger partial charge is 0.396 e. The maximum atomic E-state index is 13.2. The molecule has 0 unspecified atom stereocenters. The van der Waals surface area contributed by atoms with Gasteiger partial charge in [-0.1, -0.05) is 12.1 Å². The molecule has 3 nitrogen and oxygen atoms in total. The monoisotopic (exact) mass is 209 g/mol. The molecule has 1 saturated heterocycles. The minimum absolute atomic E-state index is 0.288. The fraction of sp³-hybridized carbons (Fsp3) is 0.455. The van der Waals surface area contributed by atoms with Gasteiger partial charge in [0.15, 0.2) is 0 Å². The lowest BCUT2D eigenvalue weighted by molar-refractivity contribution is 0.233. The van der Waals surface area contributed by atoms with Crippen molar-refractivity contribution in [2.45, 2.75) is 6.54 Å². The van der Waals surface area contributed by atoms with E-state index in [1.54, 1.807) is 6.07 Å². The first kappa shape index (κ1) is 10.4. The molecule has 0 radical (unpaired) electrons. The van der Waals surface area contributed by atoms with Crippen LogP contribution in [-0.4, -0.2) is 31.1 Å². The van der Waals surface area contributed by atoms with Gasteiger partial charge in [0, 0.05) is 32.7 Å². The van der Waals surface area contributed by atoms with E-state index < -0.39 is 0 Å². The summed E-state index contributed by atoms with van der Waals surface area (Å²) in [5.74, 6) is -0.317. The van der Waals surface area contributed by atoms with Crippen LogP contribution in [0.1, 0.15) is 5.56 Å². The zero-order valence-corrected chi connectivity index (χ0v) is 8.67. The van der Waals surface area contributed by atoms with Gasteiger partial charge in [-0.15, -0.1) is 0 Å². The molecule has 0 atom stereocenters. The number of para-hydroxylation sites is 1. The quantitative estimate of drug-likeness (QED) is 0.708. The highest BCUT2D eigenvalue weighted by atomic mass is 19.1. The number of nitrogen functional groups attached to an aromatic ring is 1. The highest BCUT2D eigenvalue weighted by Crippen LogP contribution is 2.17. The Kier molecular flexibility index (Phi) is 3.18. The molecular weight excluding hydrogens is 193 g/mol. The molecule has 0 amide bonds. The summed E-state index contributed by atoms with van der Waals surface area (Å²) in [6.07, 6.45) is 0. The standard InChI is InChI=1S/C11H16FN3/c12-10-3-1-2-9(11(10)13)8-15-6-4-14-5-7-15/h1-3,14H,4-8,13H2. The zero-order chi connectivity index (χ0) is 10.7. The molecule has 1 aliphatic heterocycles. The van der Waals surface area contributed by atoms with Crippen LogP contribution in [0.3, 0.4) is 0 Å². The van der Waals surface area contributed by atoms with Crippen LogP contribution in [0.2, 0.25) is 0 Å². The third-order valence-corrected chi connectivity index (χ3v) is 2.75. The van der Waals surface area contributed by atoms with Crippen molar-refractivity contribution in [2.24, 2.45) is 0 Å². The molecule has 0 saturated carbocycles. The van der Waals surface area contributed by atoms with Crippen molar-refractivity contribution >= 4 is 5.69 Å². The van der Waals surface area contributed by atoms with Gasteiger partial charge < -0.3 is 11.1 Å². The Hall–Kier alpha value is -1.13. The molecule has 82 valence electrons. The fourth-order valence-electron chi connectivity index (χ4n) is 1.83. The van der Waals surface area contributed by atoms with Crippen molar-refractivity contribution in [3.05, 3.63) is 29.6 Å². The number of nitrogens with zero attached hydrogens (tertiary/aromatic N) is 1. The van der Waals surface area contributed by atoms with Gasteiger partial charge in [0.1, 0.15) is 5.82 Å². The lowest BCUT2D eigenvalue weighted by Crippen LogP contribution is -2.43. The third kappa shape index (κ3) is 2.46. The van der Waals surface area contributed by atoms with E-state index in [0.717, 1.165) is 38.3 Å². The Balaban J connectivity index is 2.06. The number of benzene rings is 1. The van der Waals surface area contributed by atoms with Gasteiger partial charge in [0.05, 0.1) is 5.69 Å². The number of nitrogens with one attached hydrogen (secondary N) is 1. The summed E-state index contributed by atoms with van der Waals surface area (Å²) in [6.45, 7) is 4.72. The highest BCUT2D eigenvalue weighted by Gasteiger charge is 2.12. The van der Waals surface area contributed by atoms with E-state index in [-0.39, 0.29) is 11.5 Å². The van der Waals surface area contributed by atoms with Crippen molar-refractivity contribution in [3.8, 4) is 0 Å². The molecule has 4 heteroatoms. The van der Waals surface area contributed by atoms with E-state index in [9.17, 15) is 4.39 Å². The van der Waals surface area contributed by atoms with Crippen LogP contribution in [0.25, 0.3) is 0 Å². The highest BCUT2D eigenvalue weighted by molar-refractivity contribution is 5.47. The maximum absolute atomic E-state index is 13.2. The molecule has 1 aromatic carbocycles. The summed E-state index contributed by atoms with van der Waals surface area (Å²) < 4.78 is 13.2. The first-order valence-corrected chi connectivity index (χ1v) is 5.23. The van der Waals surface area contributed by atoms with Crippen LogP contribution < -0.4 is 11.1 Å². The van der Waals surface area contributed by atoms with Crippen molar-refractivity contribution in [1.29, 1.82) is 0 Å². The summed E-state index contributed by atoms with van der Waals surface area (Å²) in [6, 6.07) is 5.00. The average molecular weight is 209 g/mol. The Morgan fingerprint density at radius 3 is 2.80 bits per heavy atom. The number of hydrogen-bond acceptors (Lipinski definition) is 3. The molecule has 0 aliphatic carbocycles. The van der Waals surface area contributed by atoms with E-state index in [2.05, 4.69) is 10.2 Å². The molecule has 1 aliphatic rings. The van der Waals surface area contributed by atoms with Gasteiger partial charge in [0.25, 0.3) is 0 Å². The van der Waals surface area contributed by atoms with Gasteiger partial charge in [-0.3, -0.25) is 4.90 Å². The Morgan fingerprint density at radius 2 is 2.07 bits per heavy atom. The molecule has 1 heterocycles. The molecule has 0 bridgehead atoms. The Morgan fingerprint density at radius 1 is 1.33 bits per heavy atom. The molecule has 2 rings (SSSR count). The number of hydrogen-bond donors (Lipinski definition) is 2. The zero-order valence-electron chi connectivity index (χ0n) is 8.67. The number of rotatable bonds is 2. The SMILES string of the molecule is Nc1c(F)cccc1CN1CCNCC1. The van der Waals surface area contributed by atoms with Crippen LogP contribution in [0, 0.1) is 5.82 Å². The summed E-state index contributed by atoms with van der Waals surface area (Å²) in [7, 11) is 0. The van der Waals surface area contributed by atoms with Crippen LogP contribution >= 0.6 is 0 Å². The second kappa shape index (κ2) is 4.59. The number of piperazine rings is 1. The minimum atomic E-state index is -0.317. The topological polar surface area (TPSA) is 41.3 Å². The van der Waals surface area contributed by atoms with Crippen molar-refractivity contribution < 1.29 is 4.39 Å². The van der Waals surface area contributed by atoms with E-state index >= 15 is 0 Å². The number of anilines is 1. The van der Waals surface area contributed by atoms with Gasteiger partial charge >= 0.3 is 0 Å². The molecular formula is C11H16FN3. The third-order valence-electron chi connectivity index (χ3n) is 2.75. The van der Waals surface area contributed by atoms with Crippen LogP contribution in [-0.2, 0) is 6.54 Å². The van der Waals surface area contributed by atoms with E-state index in [1.807, 2.05) is 6.07 Å². The summed E-state index contributed by atoms with van der Waals surface area (Å²) in [4.78, 5) is 2.28. The molecule has 15 heavy (non-hydrogen) atoms. The number of halogens is 1. The second-order valence-electron chi connectivity index (χ2n) is 3.84. The van der Waals surface area contributed by atoms with Crippen molar-refractivity contribution in [2.75, 3.05) is 31.9 Å². The molecule has 0 aromatic heterocycles. The van der Waals surface area contributed by atoms with Crippen molar-refractivity contribution in [1.82, 2.24) is 10.2 Å².